The second kappa shape index (κ2) is 7.47. The van der Waals surface area contributed by atoms with Gasteiger partial charge in [0.05, 0.1) is 17.0 Å². The molecule has 6 nitrogen and oxygen atoms in total. The van der Waals surface area contributed by atoms with Crippen LogP contribution in [0.5, 0.6) is 0 Å². The van der Waals surface area contributed by atoms with Crippen molar-refractivity contribution in [1.29, 1.82) is 0 Å². The highest BCUT2D eigenvalue weighted by atomic mass is 35.5. The summed E-state index contributed by atoms with van der Waals surface area (Å²) in [6.07, 6.45) is 0. The Morgan fingerprint density at radius 2 is 2.00 bits per heavy atom. The van der Waals surface area contributed by atoms with Crippen LogP contribution in [0.3, 0.4) is 0 Å². The first-order chi connectivity index (χ1) is 9.99. The van der Waals surface area contributed by atoms with Crippen LogP contribution in [0.1, 0.15) is 28.7 Å². The van der Waals surface area contributed by atoms with Gasteiger partial charge >= 0.3 is 0 Å². The van der Waals surface area contributed by atoms with Gasteiger partial charge in [0.1, 0.15) is 0 Å². The molecule has 0 radical (unpaired) electrons. The minimum absolute atomic E-state index is 0. The molecule has 23 heavy (non-hydrogen) atoms. The molecule has 0 saturated carbocycles. The van der Waals surface area contributed by atoms with Crippen molar-refractivity contribution >= 4 is 41.8 Å². The van der Waals surface area contributed by atoms with Crippen LogP contribution in [0.25, 0.3) is 11.0 Å². The number of carbonyl (C=O) groups excluding carboxylic acids is 1. The molecule has 0 aromatic carbocycles. The molecular formula is C15H23Cl2N5O. The Morgan fingerprint density at radius 3 is 2.65 bits per heavy atom. The normalized spacial score (nSPS) is 17.6. The topological polar surface area (TPSA) is 63.1 Å². The van der Waals surface area contributed by atoms with Gasteiger partial charge in [0.2, 0.25) is 0 Å². The maximum absolute atomic E-state index is 12.8. The third kappa shape index (κ3) is 3.44. The second-order valence-electron chi connectivity index (χ2n) is 5.75. The smallest absolute Gasteiger partial charge is 0.256 e. The third-order valence-corrected chi connectivity index (χ3v) is 4.18. The number of hydrogen-bond acceptors (Lipinski definition) is 4. The first kappa shape index (κ1) is 19.7. The van der Waals surface area contributed by atoms with E-state index < -0.39 is 0 Å². The fourth-order valence-electron chi connectivity index (χ4n) is 2.95. The van der Waals surface area contributed by atoms with E-state index in [9.17, 15) is 4.79 Å². The fraction of sp³-hybridized carbons (Fsp3) is 0.533. The molecule has 1 aliphatic heterocycles. The minimum atomic E-state index is 0. The number of halogens is 2. The maximum atomic E-state index is 12.8. The van der Waals surface area contributed by atoms with Crippen LogP contribution in [0, 0.1) is 13.8 Å². The molecular weight excluding hydrogens is 337 g/mol. The lowest BCUT2D eigenvalue weighted by Crippen LogP contribution is -2.52. The van der Waals surface area contributed by atoms with Crippen LogP contribution in [0.4, 0.5) is 0 Å². The number of piperazine rings is 1. The van der Waals surface area contributed by atoms with E-state index in [0.29, 0.717) is 5.56 Å². The molecule has 0 bridgehead atoms. The van der Waals surface area contributed by atoms with E-state index >= 15 is 0 Å². The van der Waals surface area contributed by atoms with Gasteiger partial charge in [-0.2, -0.15) is 5.10 Å². The predicted octanol–water partition coefficient (Wildman–Crippen LogP) is 1.86. The Balaban J connectivity index is 0.00000132. The zero-order valence-corrected chi connectivity index (χ0v) is 15.4. The summed E-state index contributed by atoms with van der Waals surface area (Å²) in [5.74, 6) is 0.0687. The average molecular weight is 360 g/mol. The van der Waals surface area contributed by atoms with Gasteiger partial charge in [0.25, 0.3) is 5.91 Å². The number of hydrogen-bond donors (Lipinski definition) is 1. The molecule has 0 unspecified atom stereocenters. The monoisotopic (exact) mass is 359 g/mol. The molecule has 1 N–H and O–H groups in total. The molecule has 1 saturated heterocycles. The lowest BCUT2D eigenvalue weighted by molar-refractivity contribution is 0.0654. The number of rotatable bonds is 1. The Hall–Kier alpha value is -1.37. The molecule has 8 heteroatoms. The van der Waals surface area contributed by atoms with E-state index in [4.69, 9.17) is 0 Å². The number of aryl methyl sites for hydroxylation is 3. The number of carbonyl (C=O) groups is 1. The Bertz CT molecular complexity index is 715. The minimum Gasteiger partial charge on any atom is -0.333 e. The fourth-order valence-corrected chi connectivity index (χ4v) is 2.95. The van der Waals surface area contributed by atoms with E-state index in [1.807, 2.05) is 31.9 Å². The van der Waals surface area contributed by atoms with Crippen molar-refractivity contribution in [3.8, 4) is 0 Å². The van der Waals surface area contributed by atoms with Crippen molar-refractivity contribution in [2.24, 2.45) is 7.05 Å². The number of fused-ring (bicyclic) bond motifs is 1. The summed E-state index contributed by atoms with van der Waals surface area (Å²) in [5.41, 5.74) is 3.19. The van der Waals surface area contributed by atoms with Crippen LogP contribution in [-0.4, -0.2) is 51.2 Å². The average Bonchev–Trinajstić information content (AvgIpc) is 2.72. The van der Waals surface area contributed by atoms with E-state index in [-0.39, 0.29) is 36.8 Å². The third-order valence-electron chi connectivity index (χ3n) is 4.18. The summed E-state index contributed by atoms with van der Waals surface area (Å²) in [5, 5.41) is 8.64. The summed E-state index contributed by atoms with van der Waals surface area (Å²) in [6.45, 7) is 8.33. The zero-order chi connectivity index (χ0) is 15.1. The summed E-state index contributed by atoms with van der Waals surface area (Å²) >= 11 is 0. The van der Waals surface area contributed by atoms with E-state index in [1.165, 1.54) is 0 Å². The number of nitrogens with one attached hydrogen (secondary N) is 1. The van der Waals surface area contributed by atoms with E-state index in [2.05, 4.69) is 22.3 Å². The van der Waals surface area contributed by atoms with Gasteiger partial charge in [0.15, 0.2) is 5.65 Å². The van der Waals surface area contributed by atoms with Gasteiger partial charge < -0.3 is 10.2 Å². The molecule has 2 aromatic rings. The zero-order valence-electron chi connectivity index (χ0n) is 13.8. The molecule has 2 aromatic heterocycles. The van der Waals surface area contributed by atoms with Crippen LogP contribution >= 0.6 is 24.8 Å². The maximum Gasteiger partial charge on any atom is 0.256 e. The van der Waals surface area contributed by atoms with Gasteiger partial charge in [-0.3, -0.25) is 9.48 Å². The lowest BCUT2D eigenvalue weighted by atomic mass is 10.1. The molecule has 128 valence electrons. The number of amides is 1. The summed E-state index contributed by atoms with van der Waals surface area (Å²) < 4.78 is 1.76. The van der Waals surface area contributed by atoms with E-state index in [1.54, 1.807) is 4.68 Å². The highest BCUT2D eigenvalue weighted by molar-refractivity contribution is 5.98. The molecule has 3 heterocycles. The van der Waals surface area contributed by atoms with Crippen LogP contribution in [-0.2, 0) is 7.05 Å². The molecule has 1 amide bonds. The van der Waals surface area contributed by atoms with Gasteiger partial charge in [-0.1, -0.05) is 0 Å². The highest BCUT2D eigenvalue weighted by Gasteiger charge is 2.26. The molecule has 1 atom stereocenters. The van der Waals surface area contributed by atoms with Crippen LogP contribution < -0.4 is 5.32 Å². The number of aromatic nitrogens is 3. The number of pyridine rings is 1. The van der Waals surface area contributed by atoms with Gasteiger partial charge in [-0.15, -0.1) is 24.8 Å². The van der Waals surface area contributed by atoms with Crippen molar-refractivity contribution in [3.05, 3.63) is 23.0 Å². The lowest BCUT2D eigenvalue weighted by Gasteiger charge is -2.34. The van der Waals surface area contributed by atoms with E-state index in [0.717, 1.165) is 42.1 Å². The molecule has 3 rings (SSSR count). The molecule has 0 aliphatic carbocycles. The largest absolute Gasteiger partial charge is 0.333 e. The molecule has 0 spiro atoms. The predicted molar refractivity (Wildman–Crippen MR) is 95.8 cm³/mol. The molecule has 1 aliphatic rings. The van der Waals surface area contributed by atoms with Gasteiger partial charge in [-0.25, -0.2) is 4.98 Å². The first-order valence-corrected chi connectivity index (χ1v) is 7.31. The summed E-state index contributed by atoms with van der Waals surface area (Å²) in [7, 11) is 1.88. The van der Waals surface area contributed by atoms with Crippen molar-refractivity contribution in [1.82, 2.24) is 25.0 Å². The Morgan fingerprint density at radius 1 is 1.30 bits per heavy atom. The quantitative estimate of drug-likeness (QED) is 0.843. The van der Waals surface area contributed by atoms with Crippen LogP contribution in [0.15, 0.2) is 6.07 Å². The van der Waals surface area contributed by atoms with Crippen molar-refractivity contribution in [2.75, 3.05) is 19.6 Å². The second-order valence-corrected chi connectivity index (χ2v) is 5.75. The Labute approximate surface area is 148 Å². The summed E-state index contributed by atoms with van der Waals surface area (Å²) in [4.78, 5) is 19.3. The van der Waals surface area contributed by atoms with Crippen LogP contribution in [0.2, 0.25) is 0 Å². The number of nitrogens with zero attached hydrogens (tertiary/aromatic N) is 4. The van der Waals surface area contributed by atoms with Crippen molar-refractivity contribution in [2.45, 2.75) is 26.8 Å². The standard InChI is InChI=1S/C15H21N5O.2ClH/c1-9-8-16-5-6-20(9)15(21)13-7-12-11(3)18-19(4)14(12)17-10(13)2;;/h7,9,16H,5-6,8H2,1-4H3;2*1H/t9-;;/m0../s1. The molecule has 1 fully saturated rings. The summed E-state index contributed by atoms with van der Waals surface area (Å²) in [6, 6.07) is 2.15. The SMILES string of the molecule is Cc1nc2c(cc1C(=O)N1CCNC[C@@H]1C)c(C)nn2C.Cl.Cl. The highest BCUT2D eigenvalue weighted by Crippen LogP contribution is 2.21. The van der Waals surface area contributed by atoms with Gasteiger partial charge in [0, 0.05) is 38.1 Å². The first-order valence-electron chi connectivity index (χ1n) is 7.31. The Kier molecular flexibility index (Phi) is 6.39. The van der Waals surface area contributed by atoms with Crippen molar-refractivity contribution < 1.29 is 4.79 Å². The van der Waals surface area contributed by atoms with Crippen molar-refractivity contribution in [3.63, 3.8) is 0 Å². The van der Waals surface area contributed by atoms with Gasteiger partial charge in [-0.05, 0) is 26.8 Å².